The van der Waals surface area contributed by atoms with Gasteiger partial charge in [0.25, 0.3) is 0 Å². The summed E-state index contributed by atoms with van der Waals surface area (Å²) in [5, 5.41) is 9.45. The fourth-order valence-electron chi connectivity index (χ4n) is 6.16. The summed E-state index contributed by atoms with van der Waals surface area (Å²) in [5.74, 6) is 2.50. The molecule has 0 bridgehead atoms. The second kappa shape index (κ2) is 19.5. The maximum absolute atomic E-state index is 11.9. The van der Waals surface area contributed by atoms with E-state index in [1.54, 1.807) is 13.3 Å². The van der Waals surface area contributed by atoms with Crippen molar-refractivity contribution in [2.45, 2.75) is 90.9 Å². The van der Waals surface area contributed by atoms with Crippen LogP contribution >= 0.6 is 0 Å². The molecule has 2 aromatic rings. The number of pyridine rings is 1. The highest BCUT2D eigenvalue weighted by atomic mass is 16.5. The van der Waals surface area contributed by atoms with Gasteiger partial charge in [-0.2, -0.15) is 15.2 Å². The number of rotatable bonds is 21. The number of methoxy groups -OCH3 is 1. The summed E-state index contributed by atoms with van der Waals surface area (Å²) in [6.07, 6.45) is 16.8. The number of aromatic nitrogens is 3. The predicted molar refractivity (Wildman–Crippen MR) is 185 cm³/mol. The molecule has 8 heteroatoms. The van der Waals surface area contributed by atoms with Crippen LogP contribution < -0.4 is 14.4 Å². The number of ether oxygens (including phenoxy) is 2. The monoisotopic (exact) mass is 627 g/mol. The van der Waals surface area contributed by atoms with Gasteiger partial charge in [-0.15, -0.1) is 6.58 Å². The summed E-state index contributed by atoms with van der Waals surface area (Å²) >= 11 is 0. The van der Waals surface area contributed by atoms with E-state index in [0.29, 0.717) is 44.3 Å². The second-order valence-electron chi connectivity index (χ2n) is 12.6. The zero-order chi connectivity index (χ0) is 33.3. The van der Waals surface area contributed by atoms with Crippen LogP contribution in [0.1, 0.15) is 88.5 Å². The van der Waals surface area contributed by atoms with E-state index in [4.69, 9.17) is 19.4 Å². The number of anilines is 1. The molecule has 2 aromatic heterocycles. The topological polar surface area (TPSA) is 101 Å². The van der Waals surface area contributed by atoms with Gasteiger partial charge in [-0.1, -0.05) is 51.5 Å². The molecule has 0 amide bonds. The van der Waals surface area contributed by atoms with Crippen molar-refractivity contribution < 1.29 is 14.3 Å². The van der Waals surface area contributed by atoms with E-state index in [1.807, 2.05) is 18.3 Å². The number of nitriles is 1. The minimum Gasteiger partial charge on any atom is -0.496 e. The molecule has 1 aliphatic rings. The van der Waals surface area contributed by atoms with Crippen LogP contribution in [0.4, 0.5) is 5.82 Å². The Kier molecular flexibility index (Phi) is 15.5. The van der Waals surface area contributed by atoms with Crippen molar-refractivity contribution in [3.8, 4) is 17.8 Å². The SMILES string of the molecule is C=CC[C@@H](CCCC)COc1nc2c(c(N(CCCCC(=O)C=C)C[C@@H](C)CC#N)n1)CCC(Cc1cnccc1OC)C(=C)C2. The lowest BCUT2D eigenvalue weighted by atomic mass is 9.89. The highest BCUT2D eigenvalue weighted by Gasteiger charge is 2.28. The first-order valence-corrected chi connectivity index (χ1v) is 16.9. The average molecular weight is 628 g/mol. The first kappa shape index (κ1) is 36.5. The van der Waals surface area contributed by atoms with Crippen LogP contribution in [0.5, 0.6) is 11.8 Å². The van der Waals surface area contributed by atoms with Crippen molar-refractivity contribution in [2.75, 3.05) is 31.7 Å². The van der Waals surface area contributed by atoms with Crippen LogP contribution in [-0.4, -0.2) is 47.5 Å². The Hall–Kier alpha value is -3.99. The van der Waals surface area contributed by atoms with Crippen LogP contribution in [0.2, 0.25) is 0 Å². The Bertz CT molecular complexity index is 1350. The number of carbonyl (C=O) groups excluding carboxylic acids is 1. The maximum Gasteiger partial charge on any atom is 0.318 e. The molecule has 0 saturated carbocycles. The quantitative estimate of drug-likeness (QED) is 0.0597. The third kappa shape index (κ3) is 11.1. The minimum atomic E-state index is 0.0583. The van der Waals surface area contributed by atoms with E-state index in [2.05, 4.69) is 49.5 Å². The predicted octanol–water partition coefficient (Wildman–Crippen LogP) is 7.83. The van der Waals surface area contributed by atoms with Crippen molar-refractivity contribution in [2.24, 2.45) is 17.8 Å². The third-order valence-electron chi connectivity index (χ3n) is 8.82. The lowest BCUT2D eigenvalue weighted by Gasteiger charge is -2.29. The van der Waals surface area contributed by atoms with Crippen molar-refractivity contribution in [3.63, 3.8) is 0 Å². The largest absolute Gasteiger partial charge is 0.496 e. The molecule has 0 N–H and O–H groups in total. The first-order chi connectivity index (χ1) is 22.3. The van der Waals surface area contributed by atoms with Gasteiger partial charge < -0.3 is 14.4 Å². The standard InChI is InChI=1S/C38H53N5O3/c1-7-10-14-30(13-8-2)27-46-38-41-35-23-29(5)31(24-32-25-40-21-19-36(32)45-6)16-17-34(35)37(42-38)43(26-28(4)18-20-39)22-12-11-15-33(44)9-3/h8-9,19,21,25,28,30-31H,2-3,5,7,10-18,22-24,26-27H2,1,4,6H3/t28-,30-,31?/m0/s1. The highest BCUT2D eigenvalue weighted by Crippen LogP contribution is 2.36. The van der Waals surface area contributed by atoms with Crippen LogP contribution in [0.3, 0.4) is 0 Å². The molecule has 0 aliphatic heterocycles. The van der Waals surface area contributed by atoms with Crippen LogP contribution in [-0.2, 0) is 24.1 Å². The maximum atomic E-state index is 11.9. The van der Waals surface area contributed by atoms with Crippen molar-refractivity contribution in [1.29, 1.82) is 5.26 Å². The van der Waals surface area contributed by atoms with Crippen LogP contribution in [0.15, 0.2) is 55.9 Å². The van der Waals surface area contributed by atoms with Gasteiger partial charge in [-0.05, 0) is 74.8 Å². The van der Waals surface area contributed by atoms with Gasteiger partial charge in [0, 0.05) is 55.9 Å². The molecule has 0 fully saturated rings. The summed E-state index contributed by atoms with van der Waals surface area (Å²) in [6, 6.07) is 4.62. The summed E-state index contributed by atoms with van der Waals surface area (Å²) in [6.45, 7) is 18.3. The molecule has 0 spiro atoms. The molecule has 0 aromatic carbocycles. The van der Waals surface area contributed by atoms with Crippen molar-refractivity contribution in [1.82, 2.24) is 15.0 Å². The van der Waals surface area contributed by atoms with Crippen molar-refractivity contribution >= 4 is 11.6 Å². The van der Waals surface area contributed by atoms with E-state index >= 15 is 0 Å². The molecule has 0 saturated heterocycles. The Balaban J connectivity index is 1.97. The number of nitrogens with zero attached hydrogens (tertiary/aromatic N) is 5. The summed E-state index contributed by atoms with van der Waals surface area (Å²) < 4.78 is 12.0. The smallest absolute Gasteiger partial charge is 0.318 e. The molecule has 0 radical (unpaired) electrons. The van der Waals surface area contributed by atoms with Gasteiger partial charge in [0.05, 0.1) is 25.5 Å². The Labute approximate surface area is 276 Å². The Morgan fingerprint density at radius 3 is 2.80 bits per heavy atom. The van der Waals surface area contributed by atoms with Gasteiger partial charge in [0.1, 0.15) is 11.6 Å². The number of hydrogen-bond donors (Lipinski definition) is 0. The summed E-state index contributed by atoms with van der Waals surface area (Å²) in [4.78, 5) is 28.6. The van der Waals surface area contributed by atoms with E-state index in [-0.39, 0.29) is 17.6 Å². The van der Waals surface area contributed by atoms with E-state index in [0.717, 1.165) is 98.3 Å². The Morgan fingerprint density at radius 1 is 1.26 bits per heavy atom. The molecular weight excluding hydrogens is 574 g/mol. The fourth-order valence-corrected chi connectivity index (χ4v) is 6.16. The van der Waals surface area contributed by atoms with Crippen LogP contribution in [0, 0.1) is 29.1 Å². The van der Waals surface area contributed by atoms with Crippen molar-refractivity contribution in [3.05, 3.63) is 72.7 Å². The van der Waals surface area contributed by atoms with Crippen LogP contribution in [0.25, 0.3) is 0 Å². The molecule has 46 heavy (non-hydrogen) atoms. The second-order valence-corrected chi connectivity index (χ2v) is 12.6. The fraction of sp³-hybridized carbons (Fsp3) is 0.553. The van der Waals surface area contributed by atoms with Gasteiger partial charge in [0.2, 0.25) is 0 Å². The molecule has 1 aliphatic carbocycles. The van der Waals surface area contributed by atoms with Gasteiger partial charge in [-0.3, -0.25) is 9.78 Å². The lowest BCUT2D eigenvalue weighted by molar-refractivity contribution is -0.114. The third-order valence-corrected chi connectivity index (χ3v) is 8.82. The molecule has 248 valence electrons. The number of unbranched alkanes of at least 4 members (excludes halogenated alkanes) is 2. The molecule has 2 heterocycles. The number of hydrogen-bond acceptors (Lipinski definition) is 8. The summed E-state index contributed by atoms with van der Waals surface area (Å²) in [7, 11) is 1.69. The normalized spacial score (nSPS) is 15.5. The van der Waals surface area contributed by atoms with Gasteiger partial charge >= 0.3 is 6.01 Å². The molecule has 3 atom stereocenters. The number of ketones is 1. The van der Waals surface area contributed by atoms with E-state index < -0.39 is 0 Å². The molecule has 8 nitrogen and oxygen atoms in total. The van der Waals surface area contributed by atoms with E-state index in [1.165, 1.54) is 6.08 Å². The number of carbonyl (C=O) groups is 1. The zero-order valence-electron chi connectivity index (χ0n) is 28.3. The minimum absolute atomic E-state index is 0.0583. The van der Waals surface area contributed by atoms with Gasteiger partial charge in [0.15, 0.2) is 5.78 Å². The number of allylic oxidation sites excluding steroid dienone is 3. The highest BCUT2D eigenvalue weighted by molar-refractivity contribution is 5.88. The average Bonchev–Trinajstić information content (AvgIpc) is 3.21. The molecule has 3 rings (SSSR count). The lowest BCUT2D eigenvalue weighted by Crippen LogP contribution is -2.32. The molecule has 1 unspecified atom stereocenters. The summed E-state index contributed by atoms with van der Waals surface area (Å²) in [5.41, 5.74) is 4.27. The van der Waals surface area contributed by atoms with E-state index in [9.17, 15) is 10.1 Å². The zero-order valence-corrected chi connectivity index (χ0v) is 28.3. The number of fused-ring (bicyclic) bond motifs is 1. The molecular formula is C38H53N5O3. The van der Waals surface area contributed by atoms with Gasteiger partial charge in [-0.25, -0.2) is 0 Å². The first-order valence-electron chi connectivity index (χ1n) is 16.9. The Morgan fingerprint density at radius 2 is 2.09 bits per heavy atom.